The monoisotopic (exact) mass is 417 g/mol. The van der Waals surface area contributed by atoms with Crippen LogP contribution < -0.4 is 10.1 Å². The van der Waals surface area contributed by atoms with E-state index in [2.05, 4.69) is 20.4 Å². The number of pyridine rings is 1. The zero-order chi connectivity index (χ0) is 20.8. The molecule has 1 N–H and O–H groups in total. The van der Waals surface area contributed by atoms with Gasteiger partial charge in [-0.25, -0.2) is 14.6 Å². The fourth-order valence-corrected chi connectivity index (χ4v) is 3.35. The van der Waals surface area contributed by atoms with Crippen LogP contribution in [-0.4, -0.2) is 25.7 Å². The van der Waals surface area contributed by atoms with E-state index in [0.717, 1.165) is 22.0 Å². The number of nitrogens with zero attached hydrogens (tertiary/aromatic N) is 4. The Balaban J connectivity index is 1.40. The first-order valence-corrected chi connectivity index (χ1v) is 10.1. The molecule has 150 valence electrons. The van der Waals surface area contributed by atoms with Crippen molar-refractivity contribution in [3.63, 3.8) is 0 Å². The summed E-state index contributed by atoms with van der Waals surface area (Å²) in [7, 11) is 0. The molecule has 0 saturated heterocycles. The number of ether oxygens (including phenoxy) is 1. The van der Waals surface area contributed by atoms with Crippen LogP contribution in [0.2, 0.25) is 0 Å². The number of thiazole rings is 1. The number of rotatable bonds is 7. The minimum atomic E-state index is -0.263. The van der Waals surface area contributed by atoms with E-state index in [4.69, 9.17) is 4.74 Å². The maximum Gasteiger partial charge on any atom is 0.248 e. The first-order chi connectivity index (χ1) is 14.7. The summed E-state index contributed by atoms with van der Waals surface area (Å²) < 4.78 is 7.40. The lowest BCUT2D eigenvalue weighted by Crippen LogP contribution is -2.11. The van der Waals surface area contributed by atoms with Crippen LogP contribution in [0.15, 0.2) is 72.5 Å². The number of aryl methyl sites for hydroxylation is 1. The van der Waals surface area contributed by atoms with E-state index < -0.39 is 0 Å². The Labute approximate surface area is 177 Å². The third-order valence-corrected chi connectivity index (χ3v) is 4.93. The lowest BCUT2D eigenvalue weighted by molar-refractivity contribution is -0.111. The number of anilines is 1. The molecule has 0 radical (unpaired) electrons. The number of aromatic nitrogens is 4. The first-order valence-electron chi connectivity index (χ1n) is 9.25. The van der Waals surface area contributed by atoms with Crippen LogP contribution in [0.3, 0.4) is 0 Å². The first kappa shape index (κ1) is 19.5. The highest BCUT2D eigenvalue weighted by Crippen LogP contribution is 2.18. The topological polar surface area (TPSA) is 81.9 Å². The van der Waals surface area contributed by atoms with E-state index in [-0.39, 0.29) is 5.91 Å². The lowest BCUT2D eigenvalue weighted by atomic mass is 10.2. The summed E-state index contributed by atoms with van der Waals surface area (Å²) >= 11 is 1.60. The molecule has 1 aromatic carbocycles. The van der Waals surface area contributed by atoms with Gasteiger partial charge in [0.1, 0.15) is 12.4 Å². The van der Waals surface area contributed by atoms with Crippen LogP contribution in [0.4, 0.5) is 5.69 Å². The van der Waals surface area contributed by atoms with Gasteiger partial charge in [-0.2, -0.15) is 5.10 Å². The van der Waals surface area contributed by atoms with Crippen molar-refractivity contribution in [2.75, 3.05) is 5.32 Å². The molecule has 0 aliphatic rings. The number of amides is 1. The van der Waals surface area contributed by atoms with Crippen LogP contribution in [0, 0.1) is 6.92 Å². The van der Waals surface area contributed by atoms with Crippen molar-refractivity contribution in [3.05, 3.63) is 88.8 Å². The predicted molar refractivity (Wildman–Crippen MR) is 117 cm³/mol. The third-order valence-electron chi connectivity index (χ3n) is 4.10. The van der Waals surface area contributed by atoms with Crippen LogP contribution in [-0.2, 0) is 11.4 Å². The molecule has 3 heterocycles. The number of benzene rings is 1. The Bertz CT molecular complexity index is 1170. The molecule has 0 unspecified atom stereocenters. The molecule has 4 aromatic rings. The van der Waals surface area contributed by atoms with Gasteiger partial charge in [0.05, 0.1) is 16.4 Å². The maximum absolute atomic E-state index is 12.4. The van der Waals surface area contributed by atoms with Crippen LogP contribution >= 0.6 is 11.3 Å². The van der Waals surface area contributed by atoms with Gasteiger partial charge in [-0.3, -0.25) is 4.79 Å². The van der Waals surface area contributed by atoms with E-state index in [1.165, 1.54) is 6.08 Å². The molecule has 0 bridgehead atoms. The van der Waals surface area contributed by atoms with E-state index in [1.54, 1.807) is 58.9 Å². The second-order valence-electron chi connectivity index (χ2n) is 6.37. The predicted octanol–water partition coefficient (Wildman–Crippen LogP) is 4.26. The molecule has 0 saturated carbocycles. The summed E-state index contributed by atoms with van der Waals surface area (Å²) in [5, 5.41) is 10.0. The van der Waals surface area contributed by atoms with E-state index in [9.17, 15) is 4.79 Å². The lowest BCUT2D eigenvalue weighted by Gasteiger charge is -2.08. The fourth-order valence-electron chi connectivity index (χ4n) is 2.76. The molecular formula is C22H19N5O2S. The van der Waals surface area contributed by atoms with Crippen molar-refractivity contribution in [2.45, 2.75) is 13.5 Å². The summed E-state index contributed by atoms with van der Waals surface area (Å²) in [4.78, 5) is 21.1. The largest absolute Gasteiger partial charge is 0.487 e. The molecule has 0 fully saturated rings. The van der Waals surface area contributed by atoms with Gasteiger partial charge in [0.2, 0.25) is 5.91 Å². The molecule has 30 heavy (non-hydrogen) atoms. The summed E-state index contributed by atoms with van der Waals surface area (Å²) in [5.74, 6) is 1.01. The van der Waals surface area contributed by atoms with Gasteiger partial charge in [0.25, 0.3) is 0 Å². The number of carbonyl (C=O) groups is 1. The molecule has 0 aliphatic heterocycles. The molecule has 0 spiro atoms. The number of carbonyl (C=O) groups excluding carboxylic acids is 1. The van der Waals surface area contributed by atoms with Gasteiger partial charge in [-0.15, -0.1) is 11.3 Å². The SMILES string of the molecule is Cc1nc(COc2cccc(/C=C/C(=O)Nc3cccnc3-n3cccn3)c2)cs1. The Hall–Kier alpha value is -3.78. The molecule has 4 rings (SSSR count). The van der Waals surface area contributed by atoms with E-state index in [1.807, 2.05) is 36.6 Å². The second-order valence-corrected chi connectivity index (χ2v) is 7.43. The van der Waals surface area contributed by atoms with Crippen LogP contribution in [0.1, 0.15) is 16.3 Å². The van der Waals surface area contributed by atoms with Crippen molar-refractivity contribution in [2.24, 2.45) is 0 Å². The Morgan fingerprint density at radius 2 is 2.17 bits per heavy atom. The van der Waals surface area contributed by atoms with Crippen molar-refractivity contribution in [1.82, 2.24) is 19.7 Å². The highest BCUT2D eigenvalue weighted by atomic mass is 32.1. The Morgan fingerprint density at radius 1 is 1.23 bits per heavy atom. The van der Waals surface area contributed by atoms with Gasteiger partial charge in [0, 0.05) is 30.0 Å². The Morgan fingerprint density at radius 3 is 2.97 bits per heavy atom. The summed E-state index contributed by atoms with van der Waals surface area (Å²) in [6.45, 7) is 2.38. The van der Waals surface area contributed by atoms with Crippen molar-refractivity contribution >= 4 is 29.0 Å². The van der Waals surface area contributed by atoms with Gasteiger partial charge >= 0.3 is 0 Å². The van der Waals surface area contributed by atoms with Crippen LogP contribution in [0.5, 0.6) is 5.75 Å². The van der Waals surface area contributed by atoms with E-state index >= 15 is 0 Å². The third kappa shape index (κ3) is 4.98. The van der Waals surface area contributed by atoms with Crippen molar-refractivity contribution < 1.29 is 9.53 Å². The van der Waals surface area contributed by atoms with Gasteiger partial charge in [0.15, 0.2) is 5.82 Å². The quantitative estimate of drug-likeness (QED) is 0.454. The van der Waals surface area contributed by atoms with Crippen molar-refractivity contribution in [3.8, 4) is 11.6 Å². The molecule has 0 atom stereocenters. The minimum Gasteiger partial charge on any atom is -0.487 e. The molecule has 8 heteroatoms. The minimum absolute atomic E-state index is 0.263. The smallest absolute Gasteiger partial charge is 0.248 e. The van der Waals surface area contributed by atoms with E-state index in [0.29, 0.717) is 18.1 Å². The van der Waals surface area contributed by atoms with Gasteiger partial charge in [-0.1, -0.05) is 12.1 Å². The zero-order valence-electron chi connectivity index (χ0n) is 16.2. The molecule has 7 nitrogen and oxygen atoms in total. The maximum atomic E-state index is 12.4. The standard InChI is InChI=1S/C22H19N5O2S/c1-16-25-18(15-30-16)14-29-19-6-2-5-17(13-19)8-9-21(28)26-20-7-3-10-23-22(20)27-12-4-11-24-27/h2-13,15H,14H2,1H3,(H,26,28)/b9-8+. The molecule has 0 aliphatic carbocycles. The summed E-state index contributed by atoms with van der Waals surface area (Å²) in [5.41, 5.74) is 2.34. The number of hydrogen-bond acceptors (Lipinski definition) is 6. The van der Waals surface area contributed by atoms with Gasteiger partial charge < -0.3 is 10.1 Å². The van der Waals surface area contributed by atoms with Crippen LogP contribution in [0.25, 0.3) is 11.9 Å². The normalized spacial score (nSPS) is 11.0. The summed E-state index contributed by atoms with van der Waals surface area (Å²) in [6.07, 6.45) is 8.29. The summed E-state index contributed by atoms with van der Waals surface area (Å²) in [6, 6.07) is 12.9. The zero-order valence-corrected chi connectivity index (χ0v) is 17.0. The average Bonchev–Trinajstić information content (AvgIpc) is 3.43. The highest BCUT2D eigenvalue weighted by Gasteiger charge is 2.08. The fraction of sp³-hybridized carbons (Fsp3) is 0.0909. The average molecular weight is 417 g/mol. The number of hydrogen-bond donors (Lipinski definition) is 1. The highest BCUT2D eigenvalue weighted by molar-refractivity contribution is 7.09. The van der Waals surface area contributed by atoms with Crippen molar-refractivity contribution in [1.29, 1.82) is 0 Å². The number of nitrogens with one attached hydrogen (secondary N) is 1. The molecule has 1 amide bonds. The second kappa shape index (κ2) is 9.15. The Kier molecular flexibility index (Phi) is 5.95. The molecule has 3 aromatic heterocycles. The molecular weight excluding hydrogens is 398 g/mol. The van der Waals surface area contributed by atoms with Gasteiger partial charge in [-0.05, 0) is 48.9 Å².